The average molecular weight is 105 g/mol. The molecule has 0 spiro atoms. The molecular weight excluding hydrogens is 101 g/mol. The summed E-state index contributed by atoms with van der Waals surface area (Å²) in [5.74, 6) is 0. The fraction of sp³-hybridized carbons (Fsp3) is 0. The second kappa shape index (κ2) is 2.17. The summed E-state index contributed by atoms with van der Waals surface area (Å²) in [7, 11) is 0. The van der Waals surface area contributed by atoms with Gasteiger partial charge in [0.1, 0.15) is 0 Å². The number of halogens is 1. The number of hydrogen-bond acceptors (Lipinski definition) is 2. The molecule has 4 heteroatoms. The summed E-state index contributed by atoms with van der Waals surface area (Å²) in [5.41, 5.74) is 4.33. The highest BCUT2D eigenvalue weighted by molar-refractivity contribution is 5.65. The summed E-state index contributed by atoms with van der Waals surface area (Å²) in [6.45, 7) is 2.61. The van der Waals surface area contributed by atoms with Crippen molar-refractivity contribution in [2.75, 3.05) is 0 Å². The van der Waals surface area contributed by atoms with Crippen molar-refractivity contribution in [1.82, 2.24) is 0 Å². The second-order valence-corrected chi connectivity index (χ2v) is 0.776. The van der Waals surface area contributed by atoms with Crippen LogP contribution in [0.25, 0.3) is 0 Å². The zero-order valence-corrected chi connectivity index (χ0v) is 3.48. The maximum absolute atomic E-state index is 11.2. The molecule has 1 amide bonds. The van der Waals surface area contributed by atoms with Crippen LogP contribution in [-0.4, -0.2) is 6.09 Å². The first-order valence-corrected chi connectivity index (χ1v) is 1.44. The first-order valence-electron chi connectivity index (χ1n) is 1.44. The molecule has 40 valence electrons. The zero-order valence-electron chi connectivity index (χ0n) is 3.48. The summed E-state index contributed by atoms with van der Waals surface area (Å²) < 4.78 is 14.8. The monoisotopic (exact) mass is 105 g/mol. The van der Waals surface area contributed by atoms with Gasteiger partial charge < -0.3 is 10.5 Å². The molecule has 0 heterocycles. The highest BCUT2D eigenvalue weighted by Crippen LogP contribution is 1.90. The summed E-state index contributed by atoms with van der Waals surface area (Å²) in [6.07, 6.45) is -1.19. The minimum atomic E-state index is -1.19. The zero-order chi connectivity index (χ0) is 5.86. The Morgan fingerprint density at radius 1 is 1.86 bits per heavy atom. The molecule has 0 atom stereocenters. The van der Waals surface area contributed by atoms with E-state index in [1.165, 1.54) is 0 Å². The van der Waals surface area contributed by atoms with E-state index in [0.717, 1.165) is 0 Å². The van der Waals surface area contributed by atoms with Gasteiger partial charge in [-0.2, -0.15) is 4.39 Å². The van der Waals surface area contributed by atoms with Crippen LogP contribution in [0.5, 0.6) is 0 Å². The molecule has 2 N–H and O–H groups in total. The molecule has 0 aromatic heterocycles. The lowest BCUT2D eigenvalue weighted by molar-refractivity contribution is 0.162. The average Bonchev–Trinajstić information content (AvgIpc) is 1.27. The Kier molecular flexibility index (Phi) is 1.84. The van der Waals surface area contributed by atoms with E-state index in [1.807, 2.05) is 0 Å². The predicted molar refractivity (Wildman–Crippen MR) is 20.9 cm³/mol. The molecule has 0 aliphatic carbocycles. The van der Waals surface area contributed by atoms with Gasteiger partial charge in [0.05, 0.1) is 0 Å². The number of primary amides is 1. The summed E-state index contributed by atoms with van der Waals surface area (Å²) in [6, 6.07) is -1.19. The maximum atomic E-state index is 11.2. The van der Waals surface area contributed by atoms with Crippen LogP contribution in [0.1, 0.15) is 0 Å². The second-order valence-electron chi connectivity index (χ2n) is 0.776. The minimum absolute atomic E-state index is 1.19. The van der Waals surface area contributed by atoms with Gasteiger partial charge in [0.2, 0.25) is 0 Å². The van der Waals surface area contributed by atoms with Crippen molar-refractivity contribution in [3.8, 4) is 0 Å². The quantitative estimate of drug-likeness (QED) is 0.494. The Morgan fingerprint density at radius 3 is 2.29 bits per heavy atom. The van der Waals surface area contributed by atoms with Crippen molar-refractivity contribution < 1.29 is 13.9 Å². The number of rotatable bonds is 1. The van der Waals surface area contributed by atoms with E-state index in [1.54, 1.807) is 0 Å². The summed E-state index contributed by atoms with van der Waals surface area (Å²) in [5, 5.41) is 0. The lowest BCUT2D eigenvalue weighted by Crippen LogP contribution is -2.10. The van der Waals surface area contributed by atoms with Gasteiger partial charge in [0, 0.05) is 0 Å². The first-order chi connectivity index (χ1) is 3.13. The largest absolute Gasteiger partial charge is 0.411 e. The predicted octanol–water partition coefficient (Wildman–Crippen LogP) is 0.522. The summed E-state index contributed by atoms with van der Waals surface area (Å²) >= 11 is 0. The standard InChI is InChI=1S/C3H4FNO2/c1-2(4)7-3(5)6/h1H2,(H2,5,6). The van der Waals surface area contributed by atoms with Crippen molar-refractivity contribution in [2.24, 2.45) is 5.73 Å². The molecule has 7 heavy (non-hydrogen) atoms. The normalized spacial score (nSPS) is 7.57. The SMILES string of the molecule is C=C(F)OC(N)=O. The fourth-order valence-electron chi connectivity index (χ4n) is 0.109. The number of carbonyl (C=O) groups excluding carboxylic acids is 1. The molecule has 0 saturated carbocycles. The molecule has 0 unspecified atom stereocenters. The lowest BCUT2D eigenvalue weighted by atomic mass is 11.0. The third kappa shape index (κ3) is 4.94. The van der Waals surface area contributed by atoms with Crippen LogP contribution in [0.2, 0.25) is 0 Å². The van der Waals surface area contributed by atoms with Crippen LogP contribution >= 0.6 is 0 Å². The van der Waals surface area contributed by atoms with Crippen LogP contribution in [0.4, 0.5) is 9.18 Å². The van der Waals surface area contributed by atoms with Crippen LogP contribution in [-0.2, 0) is 4.74 Å². The van der Waals surface area contributed by atoms with Gasteiger partial charge in [-0.25, -0.2) is 4.79 Å². The van der Waals surface area contributed by atoms with Gasteiger partial charge in [-0.3, -0.25) is 0 Å². The third-order valence-electron chi connectivity index (χ3n) is 0.211. The lowest BCUT2D eigenvalue weighted by Gasteiger charge is -1.88. The molecular formula is C3H4FNO2. The molecule has 0 bridgehead atoms. The molecule has 3 nitrogen and oxygen atoms in total. The van der Waals surface area contributed by atoms with Gasteiger partial charge >= 0.3 is 6.09 Å². The Bertz CT molecular complexity index is 89.1. The first kappa shape index (κ1) is 5.94. The van der Waals surface area contributed by atoms with E-state index in [4.69, 9.17) is 0 Å². The third-order valence-corrected chi connectivity index (χ3v) is 0.211. The molecule has 0 rings (SSSR count). The number of nitrogens with two attached hydrogens (primary N) is 1. The van der Waals surface area contributed by atoms with E-state index in [0.29, 0.717) is 0 Å². The van der Waals surface area contributed by atoms with Crippen LogP contribution < -0.4 is 5.73 Å². The maximum Gasteiger partial charge on any atom is 0.411 e. The topological polar surface area (TPSA) is 52.3 Å². The van der Waals surface area contributed by atoms with E-state index >= 15 is 0 Å². The van der Waals surface area contributed by atoms with Crippen LogP contribution in [0.15, 0.2) is 12.6 Å². The molecule has 0 fully saturated rings. The Labute approximate surface area is 39.6 Å². The van der Waals surface area contributed by atoms with Gasteiger partial charge in [-0.05, 0) is 6.58 Å². The van der Waals surface area contributed by atoms with E-state index in [9.17, 15) is 9.18 Å². The van der Waals surface area contributed by atoms with E-state index in [-0.39, 0.29) is 0 Å². The number of hydrogen-bond donors (Lipinski definition) is 1. The van der Waals surface area contributed by atoms with Crippen molar-refractivity contribution in [2.45, 2.75) is 0 Å². The van der Waals surface area contributed by atoms with Crippen molar-refractivity contribution in [1.29, 1.82) is 0 Å². The Balaban J connectivity index is 3.32. The Morgan fingerprint density at radius 2 is 2.29 bits per heavy atom. The van der Waals surface area contributed by atoms with E-state index < -0.39 is 12.1 Å². The Hall–Kier alpha value is -1.06. The van der Waals surface area contributed by atoms with Gasteiger partial charge in [-0.1, -0.05) is 0 Å². The van der Waals surface area contributed by atoms with Gasteiger partial charge in [0.25, 0.3) is 6.01 Å². The van der Waals surface area contributed by atoms with Crippen molar-refractivity contribution in [3.63, 3.8) is 0 Å². The van der Waals surface area contributed by atoms with Crippen molar-refractivity contribution in [3.05, 3.63) is 12.6 Å². The molecule has 0 aromatic rings. The van der Waals surface area contributed by atoms with Gasteiger partial charge in [0.15, 0.2) is 0 Å². The van der Waals surface area contributed by atoms with E-state index in [2.05, 4.69) is 17.0 Å². The van der Waals surface area contributed by atoms with Crippen molar-refractivity contribution >= 4 is 6.09 Å². The number of carbonyl (C=O) groups is 1. The van der Waals surface area contributed by atoms with Gasteiger partial charge in [-0.15, -0.1) is 0 Å². The smallest absolute Gasteiger partial charge is 0.383 e. The highest BCUT2D eigenvalue weighted by Gasteiger charge is 1.92. The molecule has 0 aromatic carbocycles. The number of ether oxygens (including phenoxy) is 1. The highest BCUT2D eigenvalue weighted by atomic mass is 19.1. The molecule has 0 saturated heterocycles. The fourth-order valence-corrected chi connectivity index (χ4v) is 0.109. The van der Waals surface area contributed by atoms with Crippen LogP contribution in [0, 0.1) is 0 Å². The minimum Gasteiger partial charge on any atom is -0.383 e. The summed E-state index contributed by atoms with van der Waals surface area (Å²) in [4.78, 5) is 9.51. The molecule has 0 radical (unpaired) electrons. The number of amides is 1. The van der Waals surface area contributed by atoms with Crippen LogP contribution in [0.3, 0.4) is 0 Å². The molecule has 0 aliphatic heterocycles. The molecule has 0 aliphatic rings.